The van der Waals surface area contributed by atoms with E-state index in [-0.39, 0.29) is 5.91 Å². The molecule has 0 aliphatic carbocycles. The van der Waals surface area contributed by atoms with Crippen LogP contribution in [0.5, 0.6) is 11.5 Å². The normalized spacial score (nSPS) is 10.5. The zero-order valence-corrected chi connectivity index (χ0v) is 16.8. The van der Waals surface area contributed by atoms with E-state index >= 15 is 0 Å². The molecule has 0 unspecified atom stereocenters. The molecule has 7 heteroatoms. The minimum atomic E-state index is -0.268. The van der Waals surface area contributed by atoms with E-state index in [0.717, 1.165) is 5.56 Å². The molecule has 0 fully saturated rings. The first-order valence-electron chi connectivity index (χ1n) is 8.26. The number of nitrogens with one attached hydrogen (secondary N) is 1. The first kappa shape index (κ1) is 19.5. The molecule has 3 rings (SSSR count). The van der Waals surface area contributed by atoms with Crippen molar-refractivity contribution in [2.45, 2.75) is 13.5 Å². The van der Waals surface area contributed by atoms with Gasteiger partial charge in [0.2, 0.25) is 0 Å². The molecule has 1 amide bonds. The second kappa shape index (κ2) is 9.13. The average molecular weight is 422 g/mol. The first-order valence-corrected chi connectivity index (χ1v) is 9.89. The molecule has 1 aromatic heterocycles. The Morgan fingerprint density at radius 1 is 1.04 bits per heavy atom. The number of anilines is 1. The van der Waals surface area contributed by atoms with Gasteiger partial charge in [-0.25, -0.2) is 0 Å². The zero-order valence-electron chi connectivity index (χ0n) is 14.5. The molecule has 0 atom stereocenters. The number of para-hydroxylation sites is 3. The van der Waals surface area contributed by atoms with Gasteiger partial charge in [0.05, 0.1) is 27.2 Å². The van der Waals surface area contributed by atoms with E-state index in [2.05, 4.69) is 5.32 Å². The molecular weight excluding hydrogens is 405 g/mol. The van der Waals surface area contributed by atoms with Crippen LogP contribution in [0, 0.1) is 0 Å². The van der Waals surface area contributed by atoms with Crippen LogP contribution in [0.1, 0.15) is 22.2 Å². The molecule has 1 heterocycles. The van der Waals surface area contributed by atoms with Crippen molar-refractivity contribution in [3.63, 3.8) is 0 Å². The third kappa shape index (κ3) is 4.95. The molecule has 27 heavy (non-hydrogen) atoms. The van der Waals surface area contributed by atoms with Crippen LogP contribution < -0.4 is 14.8 Å². The fourth-order valence-corrected chi connectivity index (χ4v) is 3.65. The lowest BCUT2D eigenvalue weighted by atomic mass is 10.3. The lowest BCUT2D eigenvalue weighted by Crippen LogP contribution is -2.11. The molecule has 0 saturated carbocycles. The highest BCUT2D eigenvalue weighted by atomic mass is 35.5. The number of ether oxygens (including phenoxy) is 2. The third-order valence-corrected chi connectivity index (χ3v) is 5.23. The van der Waals surface area contributed by atoms with Gasteiger partial charge in [-0.15, -0.1) is 11.3 Å². The highest BCUT2D eigenvalue weighted by Gasteiger charge is 2.14. The van der Waals surface area contributed by atoms with Crippen molar-refractivity contribution >= 4 is 46.1 Å². The van der Waals surface area contributed by atoms with Gasteiger partial charge in [-0.2, -0.15) is 0 Å². The fourth-order valence-electron chi connectivity index (χ4n) is 2.37. The van der Waals surface area contributed by atoms with Crippen LogP contribution in [0.15, 0.2) is 53.9 Å². The van der Waals surface area contributed by atoms with E-state index in [0.29, 0.717) is 45.3 Å². The Morgan fingerprint density at radius 3 is 2.37 bits per heavy atom. The summed E-state index contributed by atoms with van der Waals surface area (Å²) >= 11 is 13.5. The number of carbonyl (C=O) groups is 1. The molecule has 4 nitrogen and oxygen atoms in total. The number of amides is 1. The van der Waals surface area contributed by atoms with E-state index in [1.807, 2.05) is 36.6 Å². The van der Waals surface area contributed by atoms with E-state index < -0.39 is 0 Å². The summed E-state index contributed by atoms with van der Waals surface area (Å²) in [6, 6.07) is 14.3. The van der Waals surface area contributed by atoms with Crippen LogP contribution in [-0.2, 0) is 6.61 Å². The Labute approximate surface area is 171 Å². The van der Waals surface area contributed by atoms with Crippen molar-refractivity contribution in [1.29, 1.82) is 0 Å². The standard InChI is InChI=1S/C20H17Cl2NO3S/c1-2-25-16-8-3-4-9-17(16)26-11-13-10-18(27-12-13)20(24)23-19-14(21)6-5-7-15(19)22/h3-10,12H,2,11H2,1H3,(H,23,24). The Kier molecular flexibility index (Phi) is 6.61. The Bertz CT molecular complexity index is 922. The van der Waals surface area contributed by atoms with Crippen molar-refractivity contribution in [3.05, 3.63) is 74.4 Å². The maximum absolute atomic E-state index is 12.5. The van der Waals surface area contributed by atoms with Gasteiger partial charge in [-0.3, -0.25) is 4.79 Å². The maximum atomic E-state index is 12.5. The number of carbonyl (C=O) groups excluding carboxylic acids is 1. The molecule has 0 spiro atoms. The molecule has 0 radical (unpaired) electrons. The molecule has 2 aromatic carbocycles. The lowest BCUT2D eigenvalue weighted by molar-refractivity contribution is 0.103. The SMILES string of the molecule is CCOc1ccccc1OCc1csc(C(=O)Nc2c(Cl)cccc2Cl)c1. The minimum absolute atomic E-state index is 0.268. The summed E-state index contributed by atoms with van der Waals surface area (Å²) in [7, 11) is 0. The predicted octanol–water partition coefficient (Wildman–Crippen LogP) is 6.28. The largest absolute Gasteiger partial charge is 0.490 e. The van der Waals surface area contributed by atoms with Crippen molar-refractivity contribution in [2.75, 3.05) is 11.9 Å². The molecular formula is C20H17Cl2NO3S. The number of hydrogen-bond donors (Lipinski definition) is 1. The summed E-state index contributed by atoms with van der Waals surface area (Å²) in [5, 5.41) is 5.42. The zero-order chi connectivity index (χ0) is 19.2. The summed E-state index contributed by atoms with van der Waals surface area (Å²) in [5.74, 6) is 1.09. The Balaban J connectivity index is 1.66. The molecule has 0 saturated heterocycles. The van der Waals surface area contributed by atoms with Crippen molar-refractivity contribution < 1.29 is 14.3 Å². The summed E-state index contributed by atoms with van der Waals surface area (Å²) in [6.07, 6.45) is 0. The summed E-state index contributed by atoms with van der Waals surface area (Å²) in [4.78, 5) is 13.0. The van der Waals surface area contributed by atoms with Gasteiger partial charge in [0, 0.05) is 5.56 Å². The average Bonchev–Trinajstić information content (AvgIpc) is 3.13. The first-order chi connectivity index (χ1) is 13.1. The van der Waals surface area contributed by atoms with Crippen molar-refractivity contribution in [1.82, 2.24) is 0 Å². The number of rotatable bonds is 7. The summed E-state index contributed by atoms with van der Waals surface area (Å²) in [6.45, 7) is 2.82. The van der Waals surface area contributed by atoms with Gasteiger partial charge in [-0.1, -0.05) is 41.4 Å². The van der Waals surface area contributed by atoms with Crippen molar-refractivity contribution in [3.8, 4) is 11.5 Å². The highest BCUT2D eigenvalue weighted by Crippen LogP contribution is 2.31. The van der Waals surface area contributed by atoms with Crippen LogP contribution in [0.4, 0.5) is 5.69 Å². The van der Waals surface area contributed by atoms with Gasteiger partial charge in [0.1, 0.15) is 6.61 Å². The fraction of sp³-hybridized carbons (Fsp3) is 0.150. The van der Waals surface area contributed by atoms with E-state index in [9.17, 15) is 4.79 Å². The monoisotopic (exact) mass is 421 g/mol. The van der Waals surface area contributed by atoms with Crippen LogP contribution in [0.25, 0.3) is 0 Å². The van der Waals surface area contributed by atoms with E-state index in [1.165, 1.54) is 11.3 Å². The molecule has 1 N–H and O–H groups in total. The molecule has 0 aliphatic rings. The van der Waals surface area contributed by atoms with Gasteiger partial charge in [0.15, 0.2) is 11.5 Å². The van der Waals surface area contributed by atoms with Gasteiger partial charge in [-0.05, 0) is 42.6 Å². The number of halogens is 2. The smallest absolute Gasteiger partial charge is 0.265 e. The van der Waals surface area contributed by atoms with E-state index in [4.69, 9.17) is 32.7 Å². The second-order valence-corrected chi connectivity index (χ2v) is 7.26. The minimum Gasteiger partial charge on any atom is -0.490 e. The van der Waals surface area contributed by atoms with Crippen molar-refractivity contribution in [2.24, 2.45) is 0 Å². The lowest BCUT2D eigenvalue weighted by Gasteiger charge is -2.10. The van der Waals surface area contributed by atoms with Crippen LogP contribution in [0.3, 0.4) is 0 Å². The summed E-state index contributed by atoms with van der Waals surface area (Å²) in [5.41, 5.74) is 1.30. The Hall–Kier alpha value is -2.21. The number of thiophene rings is 1. The third-order valence-electron chi connectivity index (χ3n) is 3.62. The summed E-state index contributed by atoms with van der Waals surface area (Å²) < 4.78 is 11.4. The number of hydrogen-bond acceptors (Lipinski definition) is 4. The predicted molar refractivity (Wildman–Crippen MR) is 111 cm³/mol. The Morgan fingerprint density at radius 2 is 1.70 bits per heavy atom. The molecule has 3 aromatic rings. The van der Waals surface area contributed by atoms with Gasteiger partial charge >= 0.3 is 0 Å². The van der Waals surface area contributed by atoms with E-state index in [1.54, 1.807) is 24.3 Å². The molecule has 0 bridgehead atoms. The van der Waals surface area contributed by atoms with Crippen LogP contribution >= 0.6 is 34.5 Å². The second-order valence-electron chi connectivity index (χ2n) is 5.54. The van der Waals surface area contributed by atoms with Crippen LogP contribution in [0.2, 0.25) is 10.0 Å². The van der Waals surface area contributed by atoms with Crippen LogP contribution in [-0.4, -0.2) is 12.5 Å². The topological polar surface area (TPSA) is 47.6 Å². The molecule has 0 aliphatic heterocycles. The molecule has 140 valence electrons. The maximum Gasteiger partial charge on any atom is 0.265 e. The quantitative estimate of drug-likeness (QED) is 0.487. The van der Waals surface area contributed by atoms with Gasteiger partial charge < -0.3 is 14.8 Å². The van der Waals surface area contributed by atoms with Gasteiger partial charge in [0.25, 0.3) is 5.91 Å². The number of benzene rings is 2. The highest BCUT2D eigenvalue weighted by molar-refractivity contribution is 7.12.